The van der Waals surface area contributed by atoms with Gasteiger partial charge in [0.05, 0.1) is 6.42 Å². The van der Waals surface area contributed by atoms with Crippen molar-refractivity contribution in [3.8, 4) is 5.75 Å². The molecule has 0 saturated carbocycles. The molecule has 1 aliphatic heterocycles. The van der Waals surface area contributed by atoms with Gasteiger partial charge in [0.2, 0.25) is 5.91 Å². The summed E-state index contributed by atoms with van der Waals surface area (Å²) < 4.78 is 5.92. The second-order valence-corrected chi connectivity index (χ2v) is 7.18. The molecule has 1 heterocycles. The van der Waals surface area contributed by atoms with E-state index in [2.05, 4.69) is 36.6 Å². The Morgan fingerprint density at radius 1 is 1.23 bits per heavy atom. The topological polar surface area (TPSA) is 50.4 Å². The van der Waals surface area contributed by atoms with Crippen molar-refractivity contribution in [2.75, 3.05) is 13.1 Å². The second kappa shape index (κ2) is 8.86. The van der Waals surface area contributed by atoms with Crippen molar-refractivity contribution in [1.29, 1.82) is 0 Å². The molecule has 0 aromatic heterocycles. The molecule has 2 aromatic rings. The molecule has 0 radical (unpaired) electrons. The van der Waals surface area contributed by atoms with E-state index < -0.39 is 0 Å². The highest BCUT2D eigenvalue weighted by Crippen LogP contribution is 2.17. The van der Waals surface area contributed by atoms with E-state index in [4.69, 9.17) is 4.74 Å². The van der Waals surface area contributed by atoms with Crippen molar-refractivity contribution >= 4 is 5.91 Å². The zero-order valence-corrected chi connectivity index (χ0v) is 15.6. The number of benzene rings is 2. The molecule has 4 heteroatoms. The molecular weight excluding hydrogens is 324 g/mol. The predicted molar refractivity (Wildman–Crippen MR) is 104 cm³/mol. The SMILES string of the molecule is Cc1ccccc1COc1cccc(CC(=O)NC2CNCCC2C)c1. The maximum Gasteiger partial charge on any atom is 0.224 e. The zero-order chi connectivity index (χ0) is 18.4. The first-order valence-corrected chi connectivity index (χ1v) is 9.38. The van der Waals surface area contributed by atoms with Crippen molar-refractivity contribution in [2.24, 2.45) is 5.92 Å². The van der Waals surface area contributed by atoms with Crippen molar-refractivity contribution in [3.63, 3.8) is 0 Å². The lowest BCUT2D eigenvalue weighted by atomic mass is 9.94. The number of hydrogen-bond donors (Lipinski definition) is 2. The summed E-state index contributed by atoms with van der Waals surface area (Å²) in [5.74, 6) is 1.39. The van der Waals surface area contributed by atoms with E-state index in [0.29, 0.717) is 18.9 Å². The standard InChI is InChI=1S/C22H28N2O2/c1-16-6-3-4-8-19(16)15-26-20-9-5-7-18(12-20)13-22(25)24-21-14-23-11-10-17(21)2/h3-9,12,17,21,23H,10-11,13-15H2,1-2H3,(H,24,25). The van der Waals surface area contributed by atoms with E-state index in [1.807, 2.05) is 36.4 Å². The van der Waals surface area contributed by atoms with E-state index in [-0.39, 0.29) is 11.9 Å². The lowest BCUT2D eigenvalue weighted by Crippen LogP contribution is -2.50. The fourth-order valence-corrected chi connectivity index (χ4v) is 3.30. The van der Waals surface area contributed by atoms with Crippen LogP contribution in [0.5, 0.6) is 5.75 Å². The van der Waals surface area contributed by atoms with E-state index in [9.17, 15) is 4.79 Å². The van der Waals surface area contributed by atoms with Gasteiger partial charge in [-0.25, -0.2) is 0 Å². The highest BCUT2D eigenvalue weighted by molar-refractivity contribution is 5.79. The van der Waals surface area contributed by atoms with E-state index in [0.717, 1.165) is 30.8 Å². The largest absolute Gasteiger partial charge is 0.489 e. The summed E-state index contributed by atoms with van der Waals surface area (Å²) in [6.07, 6.45) is 1.48. The highest BCUT2D eigenvalue weighted by atomic mass is 16.5. The van der Waals surface area contributed by atoms with Gasteiger partial charge in [-0.05, 0) is 54.6 Å². The molecule has 1 saturated heterocycles. The van der Waals surface area contributed by atoms with Crippen molar-refractivity contribution in [1.82, 2.24) is 10.6 Å². The molecule has 1 amide bonds. The number of nitrogens with one attached hydrogen (secondary N) is 2. The van der Waals surface area contributed by atoms with Crippen molar-refractivity contribution < 1.29 is 9.53 Å². The normalized spacial score (nSPS) is 19.8. The zero-order valence-electron chi connectivity index (χ0n) is 15.6. The van der Waals surface area contributed by atoms with Crippen LogP contribution in [0.15, 0.2) is 48.5 Å². The highest BCUT2D eigenvalue weighted by Gasteiger charge is 2.22. The number of amides is 1. The predicted octanol–water partition coefficient (Wildman–Crippen LogP) is 3.23. The molecule has 1 aliphatic rings. The van der Waals surface area contributed by atoms with Gasteiger partial charge in [0.15, 0.2) is 0 Å². The summed E-state index contributed by atoms with van der Waals surface area (Å²) >= 11 is 0. The maximum absolute atomic E-state index is 12.4. The van der Waals surface area contributed by atoms with Crippen LogP contribution >= 0.6 is 0 Å². The Morgan fingerprint density at radius 2 is 2.08 bits per heavy atom. The average molecular weight is 352 g/mol. The van der Waals surface area contributed by atoms with Crippen LogP contribution in [0.25, 0.3) is 0 Å². The van der Waals surface area contributed by atoms with E-state index in [1.54, 1.807) is 0 Å². The van der Waals surface area contributed by atoms with Crippen LogP contribution in [0.2, 0.25) is 0 Å². The Bertz CT molecular complexity index is 744. The minimum absolute atomic E-state index is 0.0709. The van der Waals surface area contributed by atoms with Crippen LogP contribution in [-0.2, 0) is 17.8 Å². The van der Waals surface area contributed by atoms with Crippen LogP contribution in [-0.4, -0.2) is 25.0 Å². The smallest absolute Gasteiger partial charge is 0.224 e. The van der Waals surface area contributed by atoms with Crippen LogP contribution in [0.4, 0.5) is 0 Å². The molecule has 1 fully saturated rings. The van der Waals surface area contributed by atoms with Gasteiger partial charge in [-0.15, -0.1) is 0 Å². The molecule has 2 N–H and O–H groups in total. The van der Waals surface area contributed by atoms with Crippen molar-refractivity contribution in [2.45, 2.75) is 39.3 Å². The summed E-state index contributed by atoms with van der Waals surface area (Å²) in [4.78, 5) is 12.4. The van der Waals surface area contributed by atoms with Crippen LogP contribution in [0.1, 0.15) is 30.0 Å². The molecular formula is C22H28N2O2. The lowest BCUT2D eigenvalue weighted by Gasteiger charge is -2.30. The van der Waals surface area contributed by atoms with Gasteiger partial charge >= 0.3 is 0 Å². The first-order chi connectivity index (χ1) is 12.6. The van der Waals surface area contributed by atoms with Crippen LogP contribution in [0, 0.1) is 12.8 Å². The van der Waals surface area contributed by atoms with Gasteiger partial charge in [0, 0.05) is 12.6 Å². The fourth-order valence-electron chi connectivity index (χ4n) is 3.30. The molecule has 2 atom stereocenters. The molecule has 0 bridgehead atoms. The minimum atomic E-state index is 0.0709. The summed E-state index contributed by atoms with van der Waals surface area (Å²) in [6.45, 7) is 6.71. The van der Waals surface area contributed by atoms with E-state index >= 15 is 0 Å². The molecule has 0 spiro atoms. The first kappa shape index (κ1) is 18.5. The fraction of sp³-hybridized carbons (Fsp3) is 0.409. The Hall–Kier alpha value is -2.33. The number of rotatable bonds is 6. The summed E-state index contributed by atoms with van der Waals surface area (Å²) in [5.41, 5.74) is 3.37. The summed E-state index contributed by atoms with van der Waals surface area (Å²) in [5, 5.41) is 6.51. The number of aryl methyl sites for hydroxylation is 1. The lowest BCUT2D eigenvalue weighted by molar-refractivity contribution is -0.121. The molecule has 2 unspecified atom stereocenters. The Kier molecular flexibility index (Phi) is 6.29. The molecule has 26 heavy (non-hydrogen) atoms. The molecule has 4 nitrogen and oxygen atoms in total. The number of carbonyl (C=O) groups excluding carboxylic acids is 1. The van der Waals surface area contributed by atoms with Gasteiger partial charge in [0.25, 0.3) is 0 Å². The molecule has 3 rings (SSSR count). The Balaban J connectivity index is 1.55. The number of piperidine rings is 1. The molecule has 2 aromatic carbocycles. The number of carbonyl (C=O) groups is 1. The van der Waals surface area contributed by atoms with Crippen LogP contribution < -0.4 is 15.4 Å². The number of hydrogen-bond acceptors (Lipinski definition) is 3. The summed E-state index contributed by atoms with van der Waals surface area (Å²) in [7, 11) is 0. The second-order valence-electron chi connectivity index (χ2n) is 7.18. The maximum atomic E-state index is 12.4. The van der Waals surface area contributed by atoms with Gasteiger partial charge in [-0.1, -0.05) is 43.3 Å². The van der Waals surface area contributed by atoms with Gasteiger partial charge in [-0.3, -0.25) is 4.79 Å². The Labute approximate surface area is 156 Å². The molecule has 138 valence electrons. The van der Waals surface area contributed by atoms with Gasteiger partial charge < -0.3 is 15.4 Å². The average Bonchev–Trinajstić information content (AvgIpc) is 2.63. The quantitative estimate of drug-likeness (QED) is 0.839. The van der Waals surface area contributed by atoms with Crippen molar-refractivity contribution in [3.05, 3.63) is 65.2 Å². The monoisotopic (exact) mass is 352 g/mol. The number of ether oxygens (including phenoxy) is 1. The molecule has 0 aliphatic carbocycles. The van der Waals surface area contributed by atoms with Gasteiger partial charge in [0.1, 0.15) is 12.4 Å². The van der Waals surface area contributed by atoms with Crippen LogP contribution in [0.3, 0.4) is 0 Å². The third kappa shape index (κ3) is 5.09. The Morgan fingerprint density at radius 3 is 2.88 bits per heavy atom. The van der Waals surface area contributed by atoms with E-state index in [1.165, 1.54) is 11.1 Å². The summed E-state index contributed by atoms with van der Waals surface area (Å²) in [6, 6.07) is 16.2. The third-order valence-corrected chi connectivity index (χ3v) is 5.09. The minimum Gasteiger partial charge on any atom is -0.489 e. The third-order valence-electron chi connectivity index (χ3n) is 5.09. The first-order valence-electron chi connectivity index (χ1n) is 9.38. The van der Waals surface area contributed by atoms with Gasteiger partial charge in [-0.2, -0.15) is 0 Å².